The van der Waals surface area contributed by atoms with Crippen LogP contribution in [-0.4, -0.2) is 31.1 Å². The molecule has 1 N–H and O–H groups in total. The summed E-state index contributed by atoms with van der Waals surface area (Å²) in [4.78, 5) is 24.2. The van der Waals surface area contributed by atoms with Crippen molar-refractivity contribution in [2.24, 2.45) is 0 Å². The fraction of sp³-hybridized carbons (Fsp3) is 0.333. The van der Waals surface area contributed by atoms with Crippen LogP contribution in [0.5, 0.6) is 11.5 Å². The molecule has 0 aromatic heterocycles. The molecule has 150 valence electrons. The molecule has 7 heteroatoms. The van der Waals surface area contributed by atoms with E-state index in [-0.39, 0.29) is 24.1 Å². The quantitative estimate of drug-likeness (QED) is 0.672. The van der Waals surface area contributed by atoms with Crippen molar-refractivity contribution in [3.63, 3.8) is 0 Å². The van der Waals surface area contributed by atoms with Gasteiger partial charge in [0.25, 0.3) is 5.91 Å². The predicted molar refractivity (Wildman–Crippen MR) is 107 cm³/mol. The predicted octanol–water partition coefficient (Wildman–Crippen LogP) is 4.00. The molecule has 1 amide bonds. The average molecular weight is 406 g/mol. The molecular formula is C21H24ClNO5. The first kappa shape index (κ1) is 21.6. The fourth-order valence-electron chi connectivity index (χ4n) is 2.37. The maximum atomic E-state index is 12.3. The molecule has 6 nitrogen and oxygen atoms in total. The zero-order chi connectivity index (χ0) is 20.7. The molecule has 2 aromatic rings. The van der Waals surface area contributed by atoms with Gasteiger partial charge in [-0.2, -0.15) is 0 Å². The molecule has 1 unspecified atom stereocenters. The molecule has 0 fully saturated rings. The van der Waals surface area contributed by atoms with Gasteiger partial charge in [-0.3, -0.25) is 4.79 Å². The van der Waals surface area contributed by atoms with Crippen LogP contribution in [0.1, 0.15) is 36.7 Å². The molecule has 0 bridgehead atoms. The lowest BCUT2D eigenvalue weighted by Crippen LogP contribution is -2.39. The number of carbonyl (C=O) groups is 2. The number of halogens is 1. The highest BCUT2D eigenvalue weighted by Gasteiger charge is 2.20. The number of hydrogen-bond donors (Lipinski definition) is 1. The lowest BCUT2D eigenvalue weighted by atomic mass is 10.2. The Bertz CT molecular complexity index is 837. The van der Waals surface area contributed by atoms with Crippen LogP contribution < -0.4 is 14.8 Å². The first-order chi connectivity index (χ1) is 13.3. The highest BCUT2D eigenvalue weighted by molar-refractivity contribution is 6.31. The number of esters is 1. The largest absolute Gasteiger partial charge is 0.493 e. The van der Waals surface area contributed by atoms with Gasteiger partial charge in [0, 0.05) is 16.6 Å². The van der Waals surface area contributed by atoms with Gasteiger partial charge >= 0.3 is 5.97 Å². The Morgan fingerprint density at radius 3 is 2.43 bits per heavy atom. The molecule has 28 heavy (non-hydrogen) atoms. The Morgan fingerprint density at radius 2 is 1.79 bits per heavy atom. The molecule has 0 saturated carbocycles. The Labute approximate surface area is 169 Å². The minimum absolute atomic E-state index is 0.0386. The van der Waals surface area contributed by atoms with Gasteiger partial charge in [-0.1, -0.05) is 29.8 Å². The maximum Gasteiger partial charge on any atom is 0.339 e. The highest BCUT2D eigenvalue weighted by atomic mass is 35.5. The van der Waals surface area contributed by atoms with Crippen molar-refractivity contribution in [1.82, 2.24) is 5.32 Å². The van der Waals surface area contributed by atoms with Gasteiger partial charge in [0.15, 0.2) is 17.6 Å². The highest BCUT2D eigenvalue weighted by Crippen LogP contribution is 2.30. The molecule has 0 radical (unpaired) electrons. The summed E-state index contributed by atoms with van der Waals surface area (Å²) in [6.45, 7) is 5.44. The number of methoxy groups -OCH3 is 1. The Kier molecular flexibility index (Phi) is 7.70. The van der Waals surface area contributed by atoms with Gasteiger partial charge in [0.05, 0.1) is 12.7 Å². The zero-order valence-electron chi connectivity index (χ0n) is 16.3. The topological polar surface area (TPSA) is 73.9 Å². The number of nitrogens with one attached hydrogen (secondary N) is 1. The zero-order valence-corrected chi connectivity index (χ0v) is 17.1. The second-order valence-corrected chi connectivity index (χ2v) is 6.86. The van der Waals surface area contributed by atoms with Crippen molar-refractivity contribution in [2.45, 2.75) is 39.5 Å². The Morgan fingerprint density at radius 1 is 1.07 bits per heavy atom. The van der Waals surface area contributed by atoms with E-state index in [9.17, 15) is 9.59 Å². The van der Waals surface area contributed by atoms with E-state index in [0.29, 0.717) is 16.5 Å². The standard InChI is InChI=1S/C21H24ClNO5/c1-13(2)23-20(24)14(3)28-21(25)15-9-10-18(19(11-15)26-4)27-12-16-7-5-6-8-17(16)22/h5-11,13-14H,12H2,1-4H3,(H,23,24). The van der Waals surface area contributed by atoms with Crippen molar-refractivity contribution in [2.75, 3.05) is 7.11 Å². The maximum absolute atomic E-state index is 12.3. The molecule has 0 aliphatic carbocycles. The van der Waals surface area contributed by atoms with Gasteiger partial charge in [-0.15, -0.1) is 0 Å². The molecule has 0 heterocycles. The van der Waals surface area contributed by atoms with Crippen LogP contribution in [0.15, 0.2) is 42.5 Å². The summed E-state index contributed by atoms with van der Waals surface area (Å²) in [5.74, 6) is -0.136. The van der Waals surface area contributed by atoms with E-state index in [1.54, 1.807) is 18.2 Å². The number of ether oxygens (including phenoxy) is 3. The van der Waals surface area contributed by atoms with Gasteiger partial charge in [-0.25, -0.2) is 4.79 Å². The normalized spacial score (nSPS) is 11.6. The van der Waals surface area contributed by atoms with Crippen LogP contribution in [-0.2, 0) is 16.1 Å². The lowest BCUT2D eigenvalue weighted by molar-refractivity contribution is -0.129. The fourth-order valence-corrected chi connectivity index (χ4v) is 2.56. The monoisotopic (exact) mass is 405 g/mol. The van der Waals surface area contributed by atoms with E-state index in [1.165, 1.54) is 20.1 Å². The van der Waals surface area contributed by atoms with E-state index in [2.05, 4.69) is 5.32 Å². The van der Waals surface area contributed by atoms with Gasteiger partial charge < -0.3 is 19.5 Å². The summed E-state index contributed by atoms with van der Waals surface area (Å²) in [7, 11) is 1.48. The summed E-state index contributed by atoms with van der Waals surface area (Å²) in [6.07, 6.45) is -0.906. The van der Waals surface area contributed by atoms with Crippen molar-refractivity contribution < 1.29 is 23.8 Å². The van der Waals surface area contributed by atoms with Crippen molar-refractivity contribution >= 4 is 23.5 Å². The van der Waals surface area contributed by atoms with Crippen LogP contribution in [0.3, 0.4) is 0 Å². The first-order valence-electron chi connectivity index (χ1n) is 8.87. The molecule has 1 atom stereocenters. The van der Waals surface area contributed by atoms with Crippen LogP contribution in [0.2, 0.25) is 5.02 Å². The van der Waals surface area contributed by atoms with Crippen LogP contribution in [0.4, 0.5) is 0 Å². The number of carbonyl (C=O) groups excluding carboxylic acids is 2. The molecule has 2 aromatic carbocycles. The second kappa shape index (κ2) is 9.99. The smallest absolute Gasteiger partial charge is 0.339 e. The van der Waals surface area contributed by atoms with Crippen molar-refractivity contribution in [3.05, 3.63) is 58.6 Å². The van der Waals surface area contributed by atoms with Crippen LogP contribution in [0.25, 0.3) is 0 Å². The third-order valence-electron chi connectivity index (χ3n) is 3.82. The van der Waals surface area contributed by atoms with E-state index < -0.39 is 12.1 Å². The SMILES string of the molecule is COc1cc(C(=O)OC(C)C(=O)NC(C)C)ccc1OCc1ccccc1Cl. The molecule has 0 saturated heterocycles. The van der Waals surface area contributed by atoms with E-state index in [0.717, 1.165) is 5.56 Å². The molecule has 2 rings (SSSR count). The summed E-state index contributed by atoms with van der Waals surface area (Å²) in [5, 5.41) is 3.30. The summed E-state index contributed by atoms with van der Waals surface area (Å²) in [6, 6.07) is 12.0. The second-order valence-electron chi connectivity index (χ2n) is 6.46. The summed E-state index contributed by atoms with van der Waals surface area (Å²) < 4.78 is 16.3. The molecule has 0 aliphatic rings. The van der Waals surface area contributed by atoms with E-state index in [4.69, 9.17) is 25.8 Å². The van der Waals surface area contributed by atoms with Crippen LogP contribution in [0, 0.1) is 0 Å². The molecular weight excluding hydrogens is 382 g/mol. The molecule has 0 aliphatic heterocycles. The van der Waals surface area contributed by atoms with Crippen molar-refractivity contribution in [3.8, 4) is 11.5 Å². The van der Waals surface area contributed by atoms with Gasteiger partial charge in [0.2, 0.25) is 0 Å². The third kappa shape index (κ3) is 5.89. The average Bonchev–Trinajstić information content (AvgIpc) is 2.66. The number of rotatable bonds is 8. The van der Waals surface area contributed by atoms with E-state index >= 15 is 0 Å². The van der Waals surface area contributed by atoms with Crippen LogP contribution >= 0.6 is 11.6 Å². The number of amides is 1. The third-order valence-corrected chi connectivity index (χ3v) is 4.19. The lowest BCUT2D eigenvalue weighted by Gasteiger charge is -2.16. The minimum atomic E-state index is -0.906. The molecule has 0 spiro atoms. The summed E-state index contributed by atoms with van der Waals surface area (Å²) >= 11 is 6.13. The van der Waals surface area contributed by atoms with E-state index in [1.807, 2.05) is 32.0 Å². The number of benzene rings is 2. The first-order valence-corrected chi connectivity index (χ1v) is 9.25. The Balaban J connectivity index is 2.06. The van der Waals surface area contributed by atoms with Gasteiger partial charge in [-0.05, 0) is 45.0 Å². The summed E-state index contributed by atoms with van der Waals surface area (Å²) in [5.41, 5.74) is 1.09. The van der Waals surface area contributed by atoms with Crippen molar-refractivity contribution in [1.29, 1.82) is 0 Å². The Hall–Kier alpha value is -2.73. The number of hydrogen-bond acceptors (Lipinski definition) is 5. The van der Waals surface area contributed by atoms with Gasteiger partial charge in [0.1, 0.15) is 6.61 Å². The minimum Gasteiger partial charge on any atom is -0.493 e.